The van der Waals surface area contributed by atoms with E-state index in [9.17, 15) is 9.59 Å². The van der Waals surface area contributed by atoms with E-state index in [0.717, 1.165) is 16.8 Å². The number of carbonyl (C=O) groups excluding carboxylic acids is 1. The summed E-state index contributed by atoms with van der Waals surface area (Å²) in [6.07, 6.45) is 3.31. The van der Waals surface area contributed by atoms with E-state index < -0.39 is 6.04 Å². The summed E-state index contributed by atoms with van der Waals surface area (Å²) in [6, 6.07) is 13.4. The third kappa shape index (κ3) is 3.63. The summed E-state index contributed by atoms with van der Waals surface area (Å²) in [5.74, 6) is -0.296. The molecule has 1 aromatic carbocycles. The van der Waals surface area contributed by atoms with E-state index in [1.54, 1.807) is 37.5 Å². The third-order valence-corrected chi connectivity index (χ3v) is 3.95. The predicted molar refractivity (Wildman–Crippen MR) is 96.2 cm³/mol. The van der Waals surface area contributed by atoms with Gasteiger partial charge in [0, 0.05) is 29.7 Å². The Bertz CT molecular complexity index is 951. The molecule has 2 aromatic heterocycles. The van der Waals surface area contributed by atoms with Gasteiger partial charge in [-0.1, -0.05) is 18.2 Å². The number of aromatic nitrogens is 3. The molecular formula is C19H18N4O2. The first kappa shape index (κ1) is 16.6. The van der Waals surface area contributed by atoms with E-state index in [1.165, 1.54) is 10.7 Å². The first-order valence-corrected chi connectivity index (χ1v) is 7.93. The van der Waals surface area contributed by atoms with Crippen LogP contribution in [0.5, 0.6) is 0 Å². The Morgan fingerprint density at radius 2 is 1.80 bits per heavy atom. The fraction of sp³-hybridized carbons (Fsp3) is 0.158. The number of rotatable bonds is 4. The van der Waals surface area contributed by atoms with Crippen molar-refractivity contribution in [2.45, 2.75) is 19.9 Å². The lowest BCUT2D eigenvalue weighted by Gasteiger charge is -2.16. The summed E-state index contributed by atoms with van der Waals surface area (Å²) in [7, 11) is 0. The minimum absolute atomic E-state index is 0.296. The van der Waals surface area contributed by atoms with Crippen molar-refractivity contribution < 1.29 is 4.79 Å². The zero-order valence-corrected chi connectivity index (χ0v) is 14.0. The average Bonchev–Trinajstić information content (AvgIpc) is 2.64. The van der Waals surface area contributed by atoms with Crippen LogP contribution in [-0.2, 0) is 4.79 Å². The summed E-state index contributed by atoms with van der Waals surface area (Å²) < 4.78 is 1.20. The molecule has 3 rings (SSSR count). The summed E-state index contributed by atoms with van der Waals surface area (Å²) in [5.41, 5.74) is 2.78. The van der Waals surface area contributed by atoms with Crippen molar-refractivity contribution in [2.75, 3.05) is 5.32 Å². The lowest BCUT2D eigenvalue weighted by Crippen LogP contribution is -2.33. The van der Waals surface area contributed by atoms with Crippen LogP contribution in [0.25, 0.3) is 11.3 Å². The molecule has 0 saturated carbocycles. The van der Waals surface area contributed by atoms with E-state index in [4.69, 9.17) is 0 Å². The Balaban J connectivity index is 1.89. The van der Waals surface area contributed by atoms with Crippen molar-refractivity contribution in [3.8, 4) is 11.3 Å². The van der Waals surface area contributed by atoms with Gasteiger partial charge < -0.3 is 5.32 Å². The third-order valence-electron chi connectivity index (χ3n) is 3.95. The molecule has 1 atom stereocenters. The molecule has 0 spiro atoms. The molecule has 25 heavy (non-hydrogen) atoms. The molecule has 1 amide bonds. The van der Waals surface area contributed by atoms with E-state index in [1.807, 2.05) is 31.2 Å². The number of aryl methyl sites for hydroxylation is 1. The van der Waals surface area contributed by atoms with Crippen LogP contribution in [0, 0.1) is 6.92 Å². The maximum absolute atomic E-state index is 12.5. The molecule has 0 aliphatic rings. The molecule has 6 heteroatoms. The van der Waals surface area contributed by atoms with Gasteiger partial charge in [-0.25, -0.2) is 4.68 Å². The highest BCUT2D eigenvalue weighted by atomic mass is 16.2. The lowest BCUT2D eigenvalue weighted by atomic mass is 10.2. The van der Waals surface area contributed by atoms with Crippen molar-refractivity contribution >= 4 is 11.6 Å². The molecule has 126 valence electrons. The van der Waals surface area contributed by atoms with Gasteiger partial charge in [-0.15, -0.1) is 0 Å². The van der Waals surface area contributed by atoms with Crippen LogP contribution in [0.3, 0.4) is 0 Å². The second-order valence-corrected chi connectivity index (χ2v) is 5.72. The summed E-state index contributed by atoms with van der Waals surface area (Å²) >= 11 is 0. The van der Waals surface area contributed by atoms with E-state index in [0.29, 0.717) is 5.69 Å². The maximum Gasteiger partial charge on any atom is 0.267 e. The Kier molecular flexibility index (Phi) is 4.70. The minimum atomic E-state index is -0.742. The standard InChI is InChI=1S/C19H18N4O2/c1-13-5-3-4-6-16(13)21-19(25)14(2)23-18(24)8-7-17(22-23)15-9-11-20-12-10-15/h3-12,14H,1-2H3,(H,21,25). The Morgan fingerprint density at radius 1 is 1.08 bits per heavy atom. The summed E-state index contributed by atoms with van der Waals surface area (Å²) in [4.78, 5) is 28.7. The molecule has 0 radical (unpaired) electrons. The number of hydrogen-bond donors (Lipinski definition) is 1. The Hall–Kier alpha value is -3.28. The molecule has 3 aromatic rings. The van der Waals surface area contributed by atoms with Gasteiger partial charge in [-0.3, -0.25) is 14.6 Å². The van der Waals surface area contributed by atoms with Crippen LogP contribution >= 0.6 is 0 Å². The second-order valence-electron chi connectivity index (χ2n) is 5.72. The Morgan fingerprint density at radius 3 is 2.52 bits per heavy atom. The summed E-state index contributed by atoms with van der Waals surface area (Å²) in [6.45, 7) is 3.56. The molecule has 1 N–H and O–H groups in total. The van der Waals surface area contributed by atoms with Crippen molar-refractivity contribution in [3.63, 3.8) is 0 Å². The number of benzene rings is 1. The number of hydrogen-bond acceptors (Lipinski definition) is 4. The number of nitrogens with one attached hydrogen (secondary N) is 1. The van der Waals surface area contributed by atoms with Crippen molar-refractivity contribution in [2.24, 2.45) is 0 Å². The van der Waals surface area contributed by atoms with Gasteiger partial charge >= 0.3 is 0 Å². The zero-order valence-electron chi connectivity index (χ0n) is 14.0. The maximum atomic E-state index is 12.5. The van der Waals surface area contributed by atoms with Crippen molar-refractivity contribution in [3.05, 3.63) is 76.8 Å². The van der Waals surface area contributed by atoms with E-state index >= 15 is 0 Å². The van der Waals surface area contributed by atoms with Crippen LogP contribution in [0.4, 0.5) is 5.69 Å². The predicted octanol–water partition coefficient (Wildman–Crippen LogP) is 2.81. The fourth-order valence-electron chi connectivity index (χ4n) is 2.44. The highest BCUT2D eigenvalue weighted by Crippen LogP contribution is 2.17. The number of anilines is 1. The van der Waals surface area contributed by atoms with Crippen molar-refractivity contribution in [1.82, 2.24) is 14.8 Å². The smallest absolute Gasteiger partial charge is 0.267 e. The first-order chi connectivity index (χ1) is 12.1. The summed E-state index contributed by atoms with van der Waals surface area (Å²) in [5, 5.41) is 7.19. The number of para-hydroxylation sites is 1. The van der Waals surface area contributed by atoms with Gasteiger partial charge in [0.25, 0.3) is 5.56 Å². The highest BCUT2D eigenvalue weighted by Gasteiger charge is 2.18. The van der Waals surface area contributed by atoms with Crippen LogP contribution in [-0.4, -0.2) is 20.7 Å². The highest BCUT2D eigenvalue weighted by molar-refractivity contribution is 5.94. The molecule has 0 aliphatic heterocycles. The zero-order chi connectivity index (χ0) is 17.8. The Labute approximate surface area is 145 Å². The number of amides is 1. The number of nitrogens with zero attached hydrogens (tertiary/aromatic N) is 3. The van der Waals surface area contributed by atoms with E-state index in [2.05, 4.69) is 15.4 Å². The van der Waals surface area contributed by atoms with Gasteiger partial charge in [0.2, 0.25) is 5.91 Å². The second kappa shape index (κ2) is 7.09. The molecular weight excluding hydrogens is 316 g/mol. The number of pyridine rings is 1. The molecule has 0 saturated heterocycles. The topological polar surface area (TPSA) is 76.9 Å². The lowest BCUT2D eigenvalue weighted by molar-refractivity contribution is -0.119. The normalized spacial score (nSPS) is 11.8. The molecule has 1 unspecified atom stereocenters. The average molecular weight is 334 g/mol. The molecule has 2 heterocycles. The minimum Gasteiger partial charge on any atom is -0.324 e. The largest absolute Gasteiger partial charge is 0.324 e. The fourth-order valence-corrected chi connectivity index (χ4v) is 2.44. The van der Waals surface area contributed by atoms with Crippen molar-refractivity contribution in [1.29, 1.82) is 0 Å². The number of carbonyl (C=O) groups is 1. The van der Waals surface area contributed by atoms with Gasteiger partial charge in [0.05, 0.1) is 5.69 Å². The van der Waals surface area contributed by atoms with Crippen LogP contribution in [0.15, 0.2) is 65.7 Å². The monoisotopic (exact) mass is 334 g/mol. The van der Waals surface area contributed by atoms with Gasteiger partial charge in [-0.2, -0.15) is 5.10 Å². The van der Waals surface area contributed by atoms with Gasteiger partial charge in [-0.05, 0) is 43.7 Å². The first-order valence-electron chi connectivity index (χ1n) is 7.93. The van der Waals surface area contributed by atoms with Crippen LogP contribution in [0.1, 0.15) is 18.5 Å². The molecule has 0 fully saturated rings. The molecule has 0 aliphatic carbocycles. The SMILES string of the molecule is Cc1ccccc1NC(=O)C(C)n1nc(-c2ccncc2)ccc1=O. The van der Waals surface area contributed by atoms with Crippen LogP contribution < -0.4 is 10.9 Å². The van der Waals surface area contributed by atoms with Gasteiger partial charge in [0.15, 0.2) is 0 Å². The molecule has 0 bridgehead atoms. The molecule has 6 nitrogen and oxygen atoms in total. The van der Waals surface area contributed by atoms with Crippen LogP contribution in [0.2, 0.25) is 0 Å². The van der Waals surface area contributed by atoms with Gasteiger partial charge in [0.1, 0.15) is 6.04 Å². The quantitative estimate of drug-likeness (QED) is 0.796. The van der Waals surface area contributed by atoms with E-state index in [-0.39, 0.29) is 11.5 Å².